The van der Waals surface area contributed by atoms with E-state index < -0.39 is 0 Å². The van der Waals surface area contributed by atoms with Gasteiger partial charge in [0.1, 0.15) is 0 Å². The standard InChI is InChI=1S/C18H18ClNO/c1-13(2)6-7-14-8-10-15(11-9-14)18(21)20-17-5-3-4-16(19)12-17/h3-13H,1-2H3,(H,20,21). The number of carbonyl (C=O) groups excluding carboxylic acids is 1. The van der Waals surface area contributed by atoms with E-state index in [1.807, 2.05) is 30.3 Å². The number of carbonyl (C=O) groups is 1. The minimum absolute atomic E-state index is 0.142. The zero-order valence-electron chi connectivity index (χ0n) is 12.1. The summed E-state index contributed by atoms with van der Waals surface area (Å²) in [6.45, 7) is 4.26. The summed E-state index contributed by atoms with van der Waals surface area (Å²) in [4.78, 5) is 12.1. The predicted octanol–water partition coefficient (Wildman–Crippen LogP) is 5.26. The van der Waals surface area contributed by atoms with Gasteiger partial charge in [-0.3, -0.25) is 4.79 Å². The molecule has 0 atom stereocenters. The molecule has 1 N–H and O–H groups in total. The lowest BCUT2D eigenvalue weighted by atomic mass is 10.1. The summed E-state index contributed by atoms with van der Waals surface area (Å²) in [5, 5.41) is 3.43. The van der Waals surface area contributed by atoms with Gasteiger partial charge in [0.15, 0.2) is 0 Å². The number of nitrogens with one attached hydrogen (secondary N) is 1. The van der Waals surface area contributed by atoms with Gasteiger partial charge < -0.3 is 5.32 Å². The van der Waals surface area contributed by atoms with Crippen molar-refractivity contribution in [2.24, 2.45) is 5.92 Å². The molecule has 108 valence electrons. The SMILES string of the molecule is CC(C)C=Cc1ccc(C(=O)Nc2cccc(Cl)c2)cc1. The smallest absolute Gasteiger partial charge is 0.255 e. The first-order chi connectivity index (χ1) is 10.0. The van der Waals surface area contributed by atoms with Crippen LogP contribution in [-0.4, -0.2) is 5.91 Å². The first kappa shape index (κ1) is 15.3. The fourth-order valence-electron chi connectivity index (χ4n) is 1.82. The quantitative estimate of drug-likeness (QED) is 0.819. The lowest BCUT2D eigenvalue weighted by molar-refractivity contribution is 0.102. The van der Waals surface area contributed by atoms with Crippen LogP contribution in [0.1, 0.15) is 29.8 Å². The van der Waals surface area contributed by atoms with Gasteiger partial charge in [-0.1, -0.05) is 55.8 Å². The number of amides is 1. The largest absolute Gasteiger partial charge is 0.322 e. The van der Waals surface area contributed by atoms with Crippen LogP contribution in [0.25, 0.3) is 6.08 Å². The van der Waals surface area contributed by atoms with Crippen molar-refractivity contribution in [3.05, 3.63) is 70.8 Å². The van der Waals surface area contributed by atoms with Gasteiger partial charge in [-0.25, -0.2) is 0 Å². The highest BCUT2D eigenvalue weighted by molar-refractivity contribution is 6.30. The average Bonchev–Trinajstić information content (AvgIpc) is 2.45. The fourth-order valence-corrected chi connectivity index (χ4v) is 2.01. The first-order valence-corrected chi connectivity index (χ1v) is 7.27. The number of hydrogen-bond acceptors (Lipinski definition) is 1. The molecule has 0 fully saturated rings. The first-order valence-electron chi connectivity index (χ1n) is 6.90. The number of halogens is 1. The summed E-state index contributed by atoms with van der Waals surface area (Å²) >= 11 is 5.90. The van der Waals surface area contributed by atoms with Crippen molar-refractivity contribution in [2.45, 2.75) is 13.8 Å². The molecular weight excluding hydrogens is 282 g/mol. The fraction of sp³-hybridized carbons (Fsp3) is 0.167. The van der Waals surface area contributed by atoms with Gasteiger partial charge in [0.25, 0.3) is 5.91 Å². The molecule has 0 bridgehead atoms. The van der Waals surface area contributed by atoms with Crippen LogP contribution >= 0.6 is 11.6 Å². The van der Waals surface area contributed by atoms with Crippen LogP contribution in [0.3, 0.4) is 0 Å². The molecule has 0 aliphatic carbocycles. The van der Waals surface area contributed by atoms with Crippen molar-refractivity contribution >= 4 is 29.3 Å². The highest BCUT2D eigenvalue weighted by Crippen LogP contribution is 2.16. The highest BCUT2D eigenvalue weighted by atomic mass is 35.5. The molecule has 21 heavy (non-hydrogen) atoms. The Morgan fingerprint density at radius 2 is 1.86 bits per heavy atom. The zero-order chi connectivity index (χ0) is 15.2. The van der Waals surface area contributed by atoms with E-state index in [0.717, 1.165) is 5.56 Å². The summed E-state index contributed by atoms with van der Waals surface area (Å²) in [6.07, 6.45) is 4.18. The number of benzene rings is 2. The molecule has 2 aromatic rings. The molecule has 3 heteroatoms. The van der Waals surface area contributed by atoms with Crippen LogP contribution in [0.5, 0.6) is 0 Å². The Morgan fingerprint density at radius 3 is 2.48 bits per heavy atom. The Balaban J connectivity index is 2.06. The number of hydrogen-bond donors (Lipinski definition) is 1. The van der Waals surface area contributed by atoms with Crippen LogP contribution in [0.2, 0.25) is 5.02 Å². The van der Waals surface area contributed by atoms with Crippen molar-refractivity contribution in [2.75, 3.05) is 5.32 Å². The number of anilines is 1. The van der Waals surface area contributed by atoms with E-state index in [9.17, 15) is 4.79 Å². The normalized spacial score (nSPS) is 11.0. The minimum Gasteiger partial charge on any atom is -0.322 e. The molecule has 0 heterocycles. The van der Waals surface area contributed by atoms with Crippen molar-refractivity contribution in [1.82, 2.24) is 0 Å². The topological polar surface area (TPSA) is 29.1 Å². The molecular formula is C18H18ClNO. The second-order valence-corrected chi connectivity index (χ2v) is 5.63. The third kappa shape index (κ3) is 4.76. The van der Waals surface area contributed by atoms with Crippen molar-refractivity contribution in [3.63, 3.8) is 0 Å². The lowest BCUT2D eigenvalue weighted by Gasteiger charge is -2.06. The van der Waals surface area contributed by atoms with Crippen LogP contribution in [0.15, 0.2) is 54.6 Å². The van der Waals surface area contributed by atoms with Crippen molar-refractivity contribution < 1.29 is 4.79 Å². The van der Waals surface area contributed by atoms with Crippen molar-refractivity contribution in [1.29, 1.82) is 0 Å². The molecule has 0 aromatic heterocycles. The predicted molar refractivity (Wildman–Crippen MR) is 89.7 cm³/mol. The molecule has 0 saturated heterocycles. The Morgan fingerprint density at radius 1 is 1.14 bits per heavy atom. The van der Waals surface area contributed by atoms with Gasteiger partial charge in [-0.2, -0.15) is 0 Å². The van der Waals surface area contributed by atoms with Crippen LogP contribution < -0.4 is 5.32 Å². The van der Waals surface area contributed by atoms with Gasteiger partial charge in [0, 0.05) is 16.3 Å². The third-order valence-electron chi connectivity index (χ3n) is 2.93. The van der Waals surface area contributed by atoms with Gasteiger partial charge in [-0.15, -0.1) is 0 Å². The molecule has 2 rings (SSSR count). The summed E-state index contributed by atoms with van der Waals surface area (Å²) < 4.78 is 0. The van der Waals surface area contributed by atoms with Crippen LogP contribution in [0.4, 0.5) is 5.69 Å². The maximum Gasteiger partial charge on any atom is 0.255 e. The average molecular weight is 300 g/mol. The molecule has 0 aliphatic rings. The Kier molecular flexibility index (Phi) is 5.18. The van der Waals surface area contributed by atoms with Gasteiger partial charge in [0.05, 0.1) is 0 Å². The Bertz CT molecular complexity index is 645. The minimum atomic E-state index is -0.142. The van der Waals surface area contributed by atoms with E-state index in [2.05, 4.69) is 31.3 Å². The van der Waals surface area contributed by atoms with Crippen LogP contribution in [0, 0.1) is 5.92 Å². The second-order valence-electron chi connectivity index (χ2n) is 5.19. The summed E-state index contributed by atoms with van der Waals surface area (Å²) in [5.41, 5.74) is 2.40. The van der Waals surface area contributed by atoms with E-state index in [-0.39, 0.29) is 5.91 Å². The third-order valence-corrected chi connectivity index (χ3v) is 3.16. The molecule has 1 amide bonds. The summed E-state index contributed by atoms with van der Waals surface area (Å²) in [5.74, 6) is 0.368. The Hall–Kier alpha value is -2.06. The number of allylic oxidation sites excluding steroid dienone is 1. The number of rotatable bonds is 4. The zero-order valence-corrected chi connectivity index (χ0v) is 12.9. The maximum atomic E-state index is 12.1. The van der Waals surface area contributed by atoms with E-state index >= 15 is 0 Å². The molecule has 0 aliphatic heterocycles. The maximum absolute atomic E-state index is 12.1. The van der Waals surface area contributed by atoms with Gasteiger partial charge >= 0.3 is 0 Å². The second kappa shape index (κ2) is 7.09. The van der Waals surface area contributed by atoms with Gasteiger partial charge in [-0.05, 0) is 41.8 Å². The monoisotopic (exact) mass is 299 g/mol. The van der Waals surface area contributed by atoms with E-state index in [0.29, 0.717) is 22.2 Å². The van der Waals surface area contributed by atoms with Crippen LogP contribution in [-0.2, 0) is 0 Å². The summed E-state index contributed by atoms with van der Waals surface area (Å²) in [6, 6.07) is 14.6. The lowest BCUT2D eigenvalue weighted by Crippen LogP contribution is -2.11. The highest BCUT2D eigenvalue weighted by Gasteiger charge is 2.05. The molecule has 2 aromatic carbocycles. The Labute approximate surface area is 130 Å². The van der Waals surface area contributed by atoms with E-state index in [1.54, 1.807) is 18.2 Å². The molecule has 0 spiro atoms. The molecule has 0 saturated carbocycles. The summed E-state index contributed by atoms with van der Waals surface area (Å²) in [7, 11) is 0. The van der Waals surface area contributed by atoms with E-state index in [1.165, 1.54) is 0 Å². The van der Waals surface area contributed by atoms with Gasteiger partial charge in [0.2, 0.25) is 0 Å². The van der Waals surface area contributed by atoms with E-state index in [4.69, 9.17) is 11.6 Å². The molecule has 2 nitrogen and oxygen atoms in total. The van der Waals surface area contributed by atoms with Crippen molar-refractivity contribution in [3.8, 4) is 0 Å². The molecule has 0 radical (unpaired) electrons. The molecule has 0 unspecified atom stereocenters.